The number of rotatable bonds is 3. The van der Waals surface area contributed by atoms with Gasteiger partial charge in [-0.2, -0.15) is 5.26 Å². The minimum Gasteiger partial charge on any atom is -0.398 e. The molecule has 0 aliphatic heterocycles. The van der Waals surface area contributed by atoms with Crippen molar-refractivity contribution in [3.8, 4) is 6.07 Å². The zero-order chi connectivity index (χ0) is 13.8. The van der Waals surface area contributed by atoms with Crippen LogP contribution in [0.25, 0.3) is 0 Å². The summed E-state index contributed by atoms with van der Waals surface area (Å²) < 4.78 is 13.2. The van der Waals surface area contributed by atoms with Gasteiger partial charge in [0.15, 0.2) is 0 Å². The molecule has 0 amide bonds. The molecule has 0 fully saturated rings. The molecule has 0 saturated heterocycles. The van der Waals surface area contributed by atoms with Crippen LogP contribution >= 0.6 is 23.4 Å². The molecular weight excluding hydrogens is 283 g/mol. The van der Waals surface area contributed by atoms with Crippen molar-refractivity contribution in [3.63, 3.8) is 0 Å². The zero-order valence-electron chi connectivity index (χ0n) is 9.86. The van der Waals surface area contributed by atoms with Crippen LogP contribution in [0.1, 0.15) is 11.1 Å². The Labute approximate surface area is 120 Å². The number of nitrogens with two attached hydrogens (primary N) is 1. The quantitative estimate of drug-likeness (QED) is 0.680. The third kappa shape index (κ3) is 3.19. The fourth-order valence-corrected chi connectivity index (χ4v) is 2.86. The van der Waals surface area contributed by atoms with Crippen LogP contribution in [-0.4, -0.2) is 0 Å². The predicted octanol–water partition coefficient (Wildman–Crippen LogP) is 4.23. The lowest BCUT2D eigenvalue weighted by Gasteiger charge is -2.07. The van der Waals surface area contributed by atoms with Crippen molar-refractivity contribution in [3.05, 3.63) is 58.4 Å². The first-order valence-corrected chi connectivity index (χ1v) is 6.83. The van der Waals surface area contributed by atoms with Gasteiger partial charge in [-0.15, -0.1) is 11.8 Å². The van der Waals surface area contributed by atoms with Gasteiger partial charge in [0.1, 0.15) is 11.9 Å². The molecule has 2 aromatic rings. The summed E-state index contributed by atoms with van der Waals surface area (Å²) in [5, 5.41) is 9.37. The van der Waals surface area contributed by atoms with E-state index in [0.717, 1.165) is 10.5 Å². The van der Waals surface area contributed by atoms with Gasteiger partial charge >= 0.3 is 0 Å². The Morgan fingerprint density at radius 1 is 1.32 bits per heavy atom. The molecule has 96 valence electrons. The Kier molecular flexibility index (Phi) is 4.31. The monoisotopic (exact) mass is 292 g/mol. The minimum atomic E-state index is -0.506. The van der Waals surface area contributed by atoms with E-state index in [-0.39, 0.29) is 5.56 Å². The highest BCUT2D eigenvalue weighted by Gasteiger charge is 2.07. The van der Waals surface area contributed by atoms with Crippen molar-refractivity contribution in [2.24, 2.45) is 0 Å². The first kappa shape index (κ1) is 13.7. The van der Waals surface area contributed by atoms with Gasteiger partial charge in [0.25, 0.3) is 0 Å². The standard InChI is InChI=1S/C14H10ClFN2S/c15-11-2-1-3-13(18)14(11)19-8-9-4-5-12(16)10(6-9)7-17/h1-6H,8,18H2. The molecule has 0 spiro atoms. The Bertz CT molecular complexity index is 632. The molecular formula is C14H10ClFN2S. The zero-order valence-corrected chi connectivity index (χ0v) is 11.4. The summed E-state index contributed by atoms with van der Waals surface area (Å²) >= 11 is 7.53. The number of benzene rings is 2. The molecule has 2 nitrogen and oxygen atoms in total. The third-order valence-electron chi connectivity index (χ3n) is 2.53. The summed E-state index contributed by atoms with van der Waals surface area (Å²) in [4.78, 5) is 0.798. The number of hydrogen-bond acceptors (Lipinski definition) is 3. The number of nitrogens with zero attached hydrogens (tertiary/aromatic N) is 1. The van der Waals surface area contributed by atoms with E-state index in [4.69, 9.17) is 22.6 Å². The van der Waals surface area contributed by atoms with E-state index in [1.165, 1.54) is 23.9 Å². The molecule has 0 saturated carbocycles. The van der Waals surface area contributed by atoms with E-state index in [0.29, 0.717) is 16.5 Å². The Morgan fingerprint density at radius 2 is 2.11 bits per heavy atom. The van der Waals surface area contributed by atoms with Gasteiger partial charge in [0, 0.05) is 16.3 Å². The molecule has 0 bridgehead atoms. The average molecular weight is 293 g/mol. The molecule has 19 heavy (non-hydrogen) atoms. The summed E-state index contributed by atoms with van der Waals surface area (Å²) in [6.07, 6.45) is 0. The molecule has 0 aliphatic rings. The molecule has 2 rings (SSSR count). The highest BCUT2D eigenvalue weighted by molar-refractivity contribution is 7.98. The van der Waals surface area contributed by atoms with Crippen LogP contribution in [-0.2, 0) is 5.75 Å². The fourth-order valence-electron chi connectivity index (χ4n) is 1.58. The normalized spacial score (nSPS) is 10.2. The van der Waals surface area contributed by atoms with Gasteiger partial charge in [0.2, 0.25) is 0 Å². The second-order valence-electron chi connectivity index (χ2n) is 3.87. The largest absolute Gasteiger partial charge is 0.398 e. The molecule has 0 atom stereocenters. The first-order valence-electron chi connectivity index (χ1n) is 5.47. The summed E-state index contributed by atoms with van der Waals surface area (Å²) in [7, 11) is 0. The summed E-state index contributed by atoms with van der Waals surface area (Å²) in [6, 6.07) is 11.6. The van der Waals surface area contributed by atoms with Crippen LogP contribution in [0.15, 0.2) is 41.3 Å². The average Bonchev–Trinajstić information content (AvgIpc) is 2.40. The molecule has 0 unspecified atom stereocenters. The lowest BCUT2D eigenvalue weighted by atomic mass is 10.1. The van der Waals surface area contributed by atoms with Gasteiger partial charge in [-0.25, -0.2) is 4.39 Å². The lowest BCUT2D eigenvalue weighted by molar-refractivity contribution is 0.623. The molecule has 5 heteroatoms. The Balaban J connectivity index is 2.17. The molecule has 2 N–H and O–H groups in total. The summed E-state index contributed by atoms with van der Waals surface area (Å²) in [5.41, 5.74) is 7.36. The molecule has 0 aliphatic carbocycles. The van der Waals surface area contributed by atoms with Crippen LogP contribution < -0.4 is 5.73 Å². The number of anilines is 1. The molecule has 2 aromatic carbocycles. The smallest absolute Gasteiger partial charge is 0.140 e. The van der Waals surface area contributed by atoms with E-state index in [9.17, 15) is 4.39 Å². The number of thioether (sulfide) groups is 1. The van der Waals surface area contributed by atoms with Crippen molar-refractivity contribution in [1.82, 2.24) is 0 Å². The van der Waals surface area contributed by atoms with Gasteiger partial charge in [-0.05, 0) is 29.8 Å². The Hall–Kier alpha value is -1.70. The molecule has 0 aromatic heterocycles. The number of nitrogen functional groups attached to an aromatic ring is 1. The van der Waals surface area contributed by atoms with Crippen molar-refractivity contribution in [2.75, 3.05) is 5.73 Å². The van der Waals surface area contributed by atoms with E-state index in [2.05, 4.69) is 0 Å². The summed E-state index contributed by atoms with van der Waals surface area (Å²) in [5.74, 6) is 0.0663. The maximum atomic E-state index is 13.2. The first-order chi connectivity index (χ1) is 9.11. The van der Waals surface area contributed by atoms with Crippen molar-refractivity contribution >= 4 is 29.1 Å². The highest BCUT2D eigenvalue weighted by atomic mass is 35.5. The van der Waals surface area contributed by atoms with Crippen molar-refractivity contribution < 1.29 is 4.39 Å². The van der Waals surface area contributed by atoms with Gasteiger partial charge in [-0.1, -0.05) is 23.7 Å². The van der Waals surface area contributed by atoms with Crippen LogP contribution in [0, 0.1) is 17.1 Å². The lowest BCUT2D eigenvalue weighted by Crippen LogP contribution is -1.91. The van der Waals surface area contributed by atoms with Crippen molar-refractivity contribution in [1.29, 1.82) is 5.26 Å². The second kappa shape index (κ2) is 5.96. The van der Waals surface area contributed by atoms with Crippen LogP contribution in [0.3, 0.4) is 0 Å². The van der Waals surface area contributed by atoms with Crippen LogP contribution in [0.4, 0.5) is 10.1 Å². The second-order valence-corrected chi connectivity index (χ2v) is 5.27. The fraction of sp³-hybridized carbons (Fsp3) is 0.0714. The number of nitriles is 1. The highest BCUT2D eigenvalue weighted by Crippen LogP contribution is 2.34. The topological polar surface area (TPSA) is 49.8 Å². The van der Waals surface area contributed by atoms with E-state index >= 15 is 0 Å². The van der Waals surface area contributed by atoms with Gasteiger partial charge in [-0.3, -0.25) is 0 Å². The number of halogens is 2. The molecule has 0 radical (unpaired) electrons. The predicted molar refractivity (Wildman–Crippen MR) is 76.5 cm³/mol. The SMILES string of the molecule is N#Cc1cc(CSc2c(N)cccc2Cl)ccc1F. The van der Waals surface area contributed by atoms with E-state index in [1.54, 1.807) is 24.3 Å². The van der Waals surface area contributed by atoms with Crippen LogP contribution in [0.2, 0.25) is 5.02 Å². The van der Waals surface area contributed by atoms with Crippen LogP contribution in [0.5, 0.6) is 0 Å². The van der Waals surface area contributed by atoms with Gasteiger partial charge in [0.05, 0.1) is 10.6 Å². The molecule has 0 heterocycles. The Morgan fingerprint density at radius 3 is 2.79 bits per heavy atom. The minimum absolute atomic E-state index is 0.0465. The number of hydrogen-bond donors (Lipinski definition) is 1. The van der Waals surface area contributed by atoms with Crippen molar-refractivity contribution in [2.45, 2.75) is 10.6 Å². The van der Waals surface area contributed by atoms with Gasteiger partial charge < -0.3 is 5.73 Å². The van der Waals surface area contributed by atoms with E-state index in [1.807, 2.05) is 6.07 Å². The van der Waals surface area contributed by atoms with E-state index < -0.39 is 5.82 Å². The maximum Gasteiger partial charge on any atom is 0.140 e. The summed E-state index contributed by atoms with van der Waals surface area (Å²) in [6.45, 7) is 0. The maximum absolute atomic E-state index is 13.2. The third-order valence-corrected chi connectivity index (χ3v) is 4.18.